The average molecular weight is 408 g/mol. The van der Waals surface area contributed by atoms with Gasteiger partial charge in [-0.25, -0.2) is 4.79 Å². The minimum atomic E-state index is -1.19. The fourth-order valence-electron chi connectivity index (χ4n) is 2.61. The van der Waals surface area contributed by atoms with Gasteiger partial charge in [0, 0.05) is 18.3 Å². The summed E-state index contributed by atoms with van der Waals surface area (Å²) in [5.74, 6) is -1.35. The van der Waals surface area contributed by atoms with Crippen LogP contribution in [0.2, 0.25) is 0 Å². The Morgan fingerprint density at radius 2 is 1.70 bits per heavy atom. The molecule has 0 fully saturated rings. The number of rotatable bonds is 7. The minimum Gasteiger partial charge on any atom is -0.484 e. The van der Waals surface area contributed by atoms with E-state index in [0.29, 0.717) is 17.0 Å². The standard InChI is InChI=1S/C21H20N4O5/c1-13-3-9-16(10-4-13)30-12-18(26)23-15-7-5-14(6-8-15)20(27)24-19-17(21(28)29)11-22-25(19)2/h3-11H,12H2,1-2H3,(H,23,26)(H,24,27)(H,28,29). The monoisotopic (exact) mass is 408 g/mol. The number of aryl methyl sites for hydroxylation is 2. The van der Waals surface area contributed by atoms with Crippen molar-refractivity contribution in [2.24, 2.45) is 7.05 Å². The molecule has 0 aliphatic rings. The fourth-order valence-corrected chi connectivity index (χ4v) is 2.61. The van der Waals surface area contributed by atoms with Crippen LogP contribution in [0, 0.1) is 6.92 Å². The van der Waals surface area contributed by atoms with E-state index in [4.69, 9.17) is 9.84 Å². The van der Waals surface area contributed by atoms with Crippen molar-refractivity contribution in [3.8, 4) is 5.75 Å². The molecule has 0 atom stereocenters. The van der Waals surface area contributed by atoms with Crippen molar-refractivity contribution in [2.75, 3.05) is 17.2 Å². The normalized spacial score (nSPS) is 10.3. The van der Waals surface area contributed by atoms with Crippen molar-refractivity contribution in [1.82, 2.24) is 9.78 Å². The molecule has 2 aromatic carbocycles. The molecule has 0 aliphatic heterocycles. The summed E-state index contributed by atoms with van der Waals surface area (Å²) in [7, 11) is 1.53. The third-order valence-corrected chi connectivity index (χ3v) is 4.22. The van der Waals surface area contributed by atoms with Crippen LogP contribution in [0.4, 0.5) is 11.5 Å². The zero-order valence-corrected chi connectivity index (χ0v) is 16.4. The molecule has 3 rings (SSSR count). The number of nitrogens with one attached hydrogen (secondary N) is 2. The van der Waals surface area contributed by atoms with Crippen LogP contribution in [0.5, 0.6) is 5.75 Å². The summed E-state index contributed by atoms with van der Waals surface area (Å²) in [5, 5.41) is 18.2. The van der Waals surface area contributed by atoms with E-state index in [1.165, 1.54) is 23.9 Å². The molecule has 30 heavy (non-hydrogen) atoms. The number of carbonyl (C=O) groups excluding carboxylic acids is 2. The number of hydrogen-bond donors (Lipinski definition) is 3. The fraction of sp³-hybridized carbons (Fsp3) is 0.143. The average Bonchev–Trinajstić information content (AvgIpc) is 3.08. The number of benzene rings is 2. The van der Waals surface area contributed by atoms with E-state index in [9.17, 15) is 14.4 Å². The largest absolute Gasteiger partial charge is 0.484 e. The predicted molar refractivity (Wildman–Crippen MR) is 110 cm³/mol. The van der Waals surface area contributed by atoms with Crippen LogP contribution in [-0.4, -0.2) is 39.3 Å². The van der Waals surface area contributed by atoms with E-state index in [2.05, 4.69) is 15.7 Å². The van der Waals surface area contributed by atoms with Crippen LogP contribution in [0.1, 0.15) is 26.3 Å². The second-order valence-electron chi connectivity index (χ2n) is 6.52. The number of carbonyl (C=O) groups is 3. The zero-order valence-electron chi connectivity index (χ0n) is 16.4. The molecule has 0 saturated heterocycles. The number of anilines is 2. The highest BCUT2D eigenvalue weighted by atomic mass is 16.5. The summed E-state index contributed by atoms with van der Waals surface area (Å²) in [5.41, 5.74) is 1.78. The molecule has 2 amide bonds. The van der Waals surface area contributed by atoms with E-state index >= 15 is 0 Å². The van der Waals surface area contributed by atoms with Gasteiger partial charge in [0.15, 0.2) is 6.61 Å². The summed E-state index contributed by atoms with van der Waals surface area (Å²) in [6.07, 6.45) is 1.16. The molecule has 3 N–H and O–H groups in total. The molecule has 0 radical (unpaired) electrons. The number of aromatic nitrogens is 2. The van der Waals surface area contributed by atoms with Gasteiger partial charge in [0.25, 0.3) is 11.8 Å². The Hall–Kier alpha value is -4.14. The highest BCUT2D eigenvalue weighted by Gasteiger charge is 2.18. The smallest absolute Gasteiger partial charge is 0.341 e. The third kappa shape index (κ3) is 5.02. The molecule has 0 unspecified atom stereocenters. The lowest BCUT2D eigenvalue weighted by molar-refractivity contribution is -0.118. The van der Waals surface area contributed by atoms with Gasteiger partial charge >= 0.3 is 5.97 Å². The SMILES string of the molecule is Cc1ccc(OCC(=O)Nc2ccc(C(=O)Nc3c(C(=O)O)cnn3C)cc2)cc1. The molecular weight excluding hydrogens is 388 g/mol. The Morgan fingerprint density at radius 1 is 1.03 bits per heavy atom. The molecule has 0 bridgehead atoms. The van der Waals surface area contributed by atoms with Gasteiger partial charge in [0.1, 0.15) is 17.1 Å². The van der Waals surface area contributed by atoms with E-state index < -0.39 is 11.9 Å². The van der Waals surface area contributed by atoms with Crippen molar-refractivity contribution < 1.29 is 24.2 Å². The van der Waals surface area contributed by atoms with Gasteiger partial charge in [-0.1, -0.05) is 17.7 Å². The molecule has 9 nitrogen and oxygen atoms in total. The maximum atomic E-state index is 12.4. The van der Waals surface area contributed by atoms with E-state index in [-0.39, 0.29) is 23.9 Å². The highest BCUT2D eigenvalue weighted by Crippen LogP contribution is 2.17. The molecule has 0 spiro atoms. The van der Waals surface area contributed by atoms with Gasteiger partial charge in [-0.05, 0) is 43.3 Å². The number of nitrogens with zero attached hydrogens (tertiary/aromatic N) is 2. The molecule has 0 saturated carbocycles. The Labute approximate surface area is 172 Å². The van der Waals surface area contributed by atoms with Gasteiger partial charge in [0.2, 0.25) is 0 Å². The first-order chi connectivity index (χ1) is 14.3. The van der Waals surface area contributed by atoms with Crippen LogP contribution in [-0.2, 0) is 11.8 Å². The highest BCUT2D eigenvalue weighted by molar-refractivity contribution is 6.07. The number of carboxylic acids is 1. The maximum Gasteiger partial charge on any atom is 0.341 e. The number of amides is 2. The first-order valence-corrected chi connectivity index (χ1v) is 8.99. The number of aromatic carboxylic acids is 1. The first kappa shape index (κ1) is 20.6. The maximum absolute atomic E-state index is 12.4. The van der Waals surface area contributed by atoms with E-state index in [1.807, 2.05) is 19.1 Å². The quantitative estimate of drug-likeness (QED) is 0.552. The Morgan fingerprint density at radius 3 is 2.33 bits per heavy atom. The Bertz CT molecular complexity index is 1070. The molecule has 1 aromatic heterocycles. The number of hydrogen-bond acceptors (Lipinski definition) is 5. The van der Waals surface area contributed by atoms with Crippen molar-refractivity contribution in [1.29, 1.82) is 0 Å². The summed E-state index contributed by atoms with van der Waals surface area (Å²) < 4.78 is 6.69. The summed E-state index contributed by atoms with van der Waals surface area (Å²) in [6.45, 7) is 1.81. The summed E-state index contributed by atoms with van der Waals surface area (Å²) >= 11 is 0. The van der Waals surface area contributed by atoms with Crippen LogP contribution >= 0.6 is 0 Å². The zero-order chi connectivity index (χ0) is 21.7. The number of ether oxygens (including phenoxy) is 1. The van der Waals surface area contributed by atoms with Crippen LogP contribution in [0.15, 0.2) is 54.7 Å². The molecule has 0 aliphatic carbocycles. The van der Waals surface area contributed by atoms with Crippen LogP contribution < -0.4 is 15.4 Å². The molecule has 1 heterocycles. The first-order valence-electron chi connectivity index (χ1n) is 8.99. The van der Waals surface area contributed by atoms with Gasteiger partial charge in [0.05, 0.1) is 6.20 Å². The molecular formula is C21H20N4O5. The van der Waals surface area contributed by atoms with Crippen molar-refractivity contribution in [3.63, 3.8) is 0 Å². The summed E-state index contributed by atoms with van der Waals surface area (Å²) in [4.78, 5) is 35.6. The van der Waals surface area contributed by atoms with Gasteiger partial charge in [-0.3, -0.25) is 14.3 Å². The lowest BCUT2D eigenvalue weighted by atomic mass is 10.2. The van der Waals surface area contributed by atoms with Crippen molar-refractivity contribution in [2.45, 2.75) is 6.92 Å². The van der Waals surface area contributed by atoms with E-state index in [1.54, 1.807) is 24.3 Å². The third-order valence-electron chi connectivity index (χ3n) is 4.22. The summed E-state index contributed by atoms with van der Waals surface area (Å²) in [6, 6.07) is 13.5. The van der Waals surface area contributed by atoms with E-state index in [0.717, 1.165) is 11.8 Å². The second kappa shape index (κ2) is 8.91. The molecule has 154 valence electrons. The van der Waals surface area contributed by atoms with Gasteiger partial charge < -0.3 is 20.5 Å². The predicted octanol–water partition coefficient (Wildman–Crippen LogP) is 2.70. The van der Waals surface area contributed by atoms with Gasteiger partial charge in [-0.2, -0.15) is 5.10 Å². The van der Waals surface area contributed by atoms with Crippen molar-refractivity contribution >= 4 is 29.3 Å². The van der Waals surface area contributed by atoms with Gasteiger partial charge in [-0.15, -0.1) is 0 Å². The second-order valence-corrected chi connectivity index (χ2v) is 6.52. The van der Waals surface area contributed by atoms with Crippen LogP contribution in [0.25, 0.3) is 0 Å². The lowest BCUT2D eigenvalue weighted by Crippen LogP contribution is -2.20. The Kier molecular flexibility index (Phi) is 6.11. The lowest BCUT2D eigenvalue weighted by Gasteiger charge is -2.09. The minimum absolute atomic E-state index is 0.0816. The topological polar surface area (TPSA) is 123 Å². The van der Waals surface area contributed by atoms with Crippen molar-refractivity contribution in [3.05, 3.63) is 71.4 Å². The molecule has 9 heteroatoms. The number of carboxylic acid groups (broad SMARTS) is 1. The van der Waals surface area contributed by atoms with Crippen LogP contribution in [0.3, 0.4) is 0 Å². The Balaban J connectivity index is 1.57. The molecule has 3 aromatic rings.